The van der Waals surface area contributed by atoms with Crippen molar-refractivity contribution in [2.45, 2.75) is 31.9 Å². The molecule has 2 aromatic heterocycles. The first kappa shape index (κ1) is 19.9. The Morgan fingerprint density at radius 1 is 1.21 bits per heavy atom. The Hall–Kier alpha value is -2.38. The van der Waals surface area contributed by atoms with Gasteiger partial charge in [0.05, 0.1) is 20.3 Å². The van der Waals surface area contributed by atoms with Crippen molar-refractivity contribution in [2.24, 2.45) is 5.92 Å². The highest BCUT2D eigenvalue weighted by atomic mass is 16.6. The summed E-state index contributed by atoms with van der Waals surface area (Å²) in [4.78, 5) is 11.5. The highest BCUT2D eigenvalue weighted by Crippen LogP contribution is 2.31. The largest absolute Gasteiger partial charge is 0.491 e. The third-order valence-corrected chi connectivity index (χ3v) is 5.55. The van der Waals surface area contributed by atoms with Crippen molar-refractivity contribution in [3.05, 3.63) is 42.2 Å². The van der Waals surface area contributed by atoms with E-state index in [0.29, 0.717) is 24.2 Å². The zero-order chi connectivity index (χ0) is 19.9. The third kappa shape index (κ3) is 5.36. The van der Waals surface area contributed by atoms with Gasteiger partial charge in [0.2, 0.25) is 0 Å². The van der Waals surface area contributed by atoms with Gasteiger partial charge in [0.1, 0.15) is 11.9 Å². The Kier molecular flexibility index (Phi) is 6.79. The van der Waals surface area contributed by atoms with Crippen molar-refractivity contribution in [2.75, 3.05) is 44.9 Å². The Morgan fingerprint density at radius 2 is 2.10 bits per heavy atom. The zero-order valence-corrected chi connectivity index (χ0v) is 17.0. The molecule has 0 aromatic carbocycles. The van der Waals surface area contributed by atoms with Gasteiger partial charge < -0.3 is 24.4 Å². The minimum Gasteiger partial charge on any atom is -0.491 e. The lowest BCUT2D eigenvalue weighted by Crippen LogP contribution is -2.36. The van der Waals surface area contributed by atoms with Crippen LogP contribution >= 0.6 is 0 Å². The Labute approximate surface area is 172 Å². The zero-order valence-electron chi connectivity index (χ0n) is 17.0. The van der Waals surface area contributed by atoms with Gasteiger partial charge in [0.15, 0.2) is 5.75 Å². The van der Waals surface area contributed by atoms with Gasteiger partial charge in [-0.1, -0.05) is 6.07 Å². The highest BCUT2D eigenvalue weighted by Gasteiger charge is 2.23. The van der Waals surface area contributed by atoms with E-state index >= 15 is 0 Å². The predicted molar refractivity (Wildman–Crippen MR) is 112 cm³/mol. The van der Waals surface area contributed by atoms with E-state index in [0.717, 1.165) is 45.0 Å². The molecule has 29 heavy (non-hydrogen) atoms. The number of ether oxygens (including phenoxy) is 3. The summed E-state index contributed by atoms with van der Waals surface area (Å²) in [6.45, 7) is 5.22. The first-order chi connectivity index (χ1) is 14.3. The quantitative estimate of drug-likeness (QED) is 0.733. The van der Waals surface area contributed by atoms with Gasteiger partial charge in [0.25, 0.3) is 5.88 Å². The molecule has 2 saturated heterocycles. The lowest BCUT2D eigenvalue weighted by Gasteiger charge is -2.31. The average molecular weight is 399 g/mol. The molecule has 1 N–H and O–H groups in total. The summed E-state index contributed by atoms with van der Waals surface area (Å²) in [6.07, 6.45) is 7.01. The normalized spacial score (nSPS) is 19.8. The summed E-state index contributed by atoms with van der Waals surface area (Å²) >= 11 is 0. The van der Waals surface area contributed by atoms with E-state index in [2.05, 4.69) is 21.3 Å². The van der Waals surface area contributed by atoms with Crippen LogP contribution in [-0.4, -0.2) is 56.0 Å². The molecular formula is C22H30N4O3. The molecule has 7 nitrogen and oxygen atoms in total. The lowest BCUT2D eigenvalue weighted by molar-refractivity contribution is 0.135. The number of rotatable bonds is 8. The Morgan fingerprint density at radius 3 is 2.83 bits per heavy atom. The molecule has 2 aromatic rings. The molecule has 2 aliphatic heterocycles. The maximum absolute atomic E-state index is 6.12. The number of nitrogens with zero attached hydrogens (tertiary/aromatic N) is 3. The summed E-state index contributed by atoms with van der Waals surface area (Å²) < 4.78 is 17.1. The first-order valence-electron chi connectivity index (χ1n) is 10.5. The molecule has 0 radical (unpaired) electrons. The van der Waals surface area contributed by atoms with Crippen molar-refractivity contribution in [3.63, 3.8) is 0 Å². The van der Waals surface area contributed by atoms with E-state index in [1.807, 2.05) is 30.6 Å². The van der Waals surface area contributed by atoms with Crippen LogP contribution in [-0.2, 0) is 11.3 Å². The van der Waals surface area contributed by atoms with Crippen LogP contribution < -0.4 is 19.7 Å². The van der Waals surface area contributed by atoms with Crippen LogP contribution in [0.2, 0.25) is 0 Å². The van der Waals surface area contributed by atoms with Crippen LogP contribution in [0.15, 0.2) is 36.7 Å². The molecule has 1 atom stereocenters. The number of hydrogen-bond donors (Lipinski definition) is 1. The second kappa shape index (κ2) is 9.89. The molecule has 2 aliphatic rings. The number of nitrogens with one attached hydrogen (secondary N) is 1. The van der Waals surface area contributed by atoms with Crippen LogP contribution in [0.5, 0.6) is 11.6 Å². The van der Waals surface area contributed by atoms with E-state index in [4.69, 9.17) is 19.2 Å². The summed E-state index contributed by atoms with van der Waals surface area (Å²) in [6, 6.07) is 8.06. The number of piperidine rings is 1. The van der Waals surface area contributed by atoms with Gasteiger partial charge in [-0.2, -0.15) is 4.98 Å². The molecule has 0 bridgehead atoms. The minimum atomic E-state index is 0.0304. The van der Waals surface area contributed by atoms with Gasteiger partial charge in [-0.05, 0) is 55.6 Å². The topological polar surface area (TPSA) is 68.7 Å². The number of aromatic nitrogens is 2. The fraction of sp³-hybridized carbons (Fsp3) is 0.545. The van der Waals surface area contributed by atoms with E-state index in [-0.39, 0.29) is 6.10 Å². The molecule has 0 saturated carbocycles. The minimum absolute atomic E-state index is 0.0304. The third-order valence-electron chi connectivity index (χ3n) is 5.55. The summed E-state index contributed by atoms with van der Waals surface area (Å²) in [5.41, 5.74) is 1.17. The van der Waals surface area contributed by atoms with Crippen LogP contribution in [0.3, 0.4) is 0 Å². The van der Waals surface area contributed by atoms with Crippen molar-refractivity contribution >= 4 is 5.82 Å². The maximum Gasteiger partial charge on any atom is 0.259 e. The van der Waals surface area contributed by atoms with Gasteiger partial charge in [-0.3, -0.25) is 4.98 Å². The Balaban J connectivity index is 1.57. The van der Waals surface area contributed by atoms with Gasteiger partial charge >= 0.3 is 0 Å². The molecule has 156 valence electrons. The molecule has 0 aliphatic carbocycles. The van der Waals surface area contributed by atoms with Crippen molar-refractivity contribution in [1.29, 1.82) is 0 Å². The van der Waals surface area contributed by atoms with Crippen LogP contribution in [0.25, 0.3) is 0 Å². The van der Waals surface area contributed by atoms with E-state index < -0.39 is 0 Å². The Bertz CT molecular complexity index is 762. The van der Waals surface area contributed by atoms with Crippen molar-refractivity contribution in [3.8, 4) is 11.6 Å². The summed E-state index contributed by atoms with van der Waals surface area (Å²) in [5, 5.41) is 3.45. The van der Waals surface area contributed by atoms with Gasteiger partial charge in [0, 0.05) is 31.9 Å². The SMILES string of the molecule is COc1ccc(N(Cc2cccnc2)CC2CCNCC2)nc1OC1CCOC1. The average Bonchev–Trinajstić information content (AvgIpc) is 3.28. The highest BCUT2D eigenvalue weighted by molar-refractivity contribution is 5.47. The molecule has 1 unspecified atom stereocenters. The van der Waals surface area contributed by atoms with Gasteiger partial charge in [-0.25, -0.2) is 0 Å². The number of pyridine rings is 2. The smallest absolute Gasteiger partial charge is 0.259 e. The second-order valence-electron chi connectivity index (χ2n) is 7.72. The standard InChI is InChI=1S/C22H30N4O3/c1-27-20-4-5-21(25-22(20)29-19-8-12-28-16-19)26(14-17-6-10-23-11-7-17)15-18-3-2-9-24-13-18/h2-5,9,13,17,19,23H,6-8,10-12,14-16H2,1H3. The fourth-order valence-electron chi connectivity index (χ4n) is 3.92. The molecule has 0 spiro atoms. The van der Waals surface area contributed by atoms with Crippen molar-refractivity contribution < 1.29 is 14.2 Å². The van der Waals surface area contributed by atoms with E-state index in [9.17, 15) is 0 Å². The fourth-order valence-corrected chi connectivity index (χ4v) is 3.92. The van der Waals surface area contributed by atoms with Crippen molar-refractivity contribution in [1.82, 2.24) is 15.3 Å². The van der Waals surface area contributed by atoms with Crippen LogP contribution in [0, 0.1) is 5.92 Å². The summed E-state index contributed by atoms with van der Waals surface area (Å²) in [5.74, 6) is 2.75. The molecular weight excluding hydrogens is 368 g/mol. The molecule has 4 rings (SSSR count). The van der Waals surface area contributed by atoms with E-state index in [1.54, 1.807) is 7.11 Å². The lowest BCUT2D eigenvalue weighted by atomic mass is 9.97. The molecule has 4 heterocycles. The monoisotopic (exact) mass is 398 g/mol. The van der Waals surface area contributed by atoms with Gasteiger partial charge in [-0.15, -0.1) is 0 Å². The predicted octanol–water partition coefficient (Wildman–Crippen LogP) is 2.66. The maximum atomic E-state index is 6.12. The van der Waals surface area contributed by atoms with Crippen LogP contribution in [0.1, 0.15) is 24.8 Å². The molecule has 2 fully saturated rings. The van der Waals surface area contributed by atoms with E-state index in [1.165, 1.54) is 18.4 Å². The first-order valence-corrected chi connectivity index (χ1v) is 10.5. The number of anilines is 1. The van der Waals surface area contributed by atoms with Crippen LogP contribution in [0.4, 0.5) is 5.82 Å². The number of hydrogen-bond acceptors (Lipinski definition) is 7. The molecule has 7 heteroatoms. The number of methoxy groups -OCH3 is 1. The second-order valence-corrected chi connectivity index (χ2v) is 7.72. The summed E-state index contributed by atoms with van der Waals surface area (Å²) in [7, 11) is 1.65. The molecule has 0 amide bonds.